The van der Waals surface area contributed by atoms with Gasteiger partial charge < -0.3 is 16.2 Å². The van der Waals surface area contributed by atoms with Crippen LogP contribution < -0.4 is 15.8 Å². The summed E-state index contributed by atoms with van der Waals surface area (Å²) in [6, 6.07) is 3.79. The highest BCUT2D eigenvalue weighted by Crippen LogP contribution is 2.33. The van der Waals surface area contributed by atoms with E-state index in [9.17, 15) is 18.3 Å². The Balaban J connectivity index is 2.21. The summed E-state index contributed by atoms with van der Waals surface area (Å²) in [5.74, 6) is -0.529. The molecule has 0 radical (unpaired) electrons. The number of nitrogens with one attached hydrogen (secondary N) is 2. The molecule has 5 N–H and O–H groups in total. The van der Waals surface area contributed by atoms with Gasteiger partial charge in [-0.25, -0.2) is 13.1 Å². The second-order valence-electron chi connectivity index (χ2n) is 5.22. The quantitative estimate of drug-likeness (QED) is 0.596. The molecule has 0 saturated carbocycles. The van der Waals surface area contributed by atoms with Gasteiger partial charge in [-0.05, 0) is 37.6 Å². The van der Waals surface area contributed by atoms with Crippen LogP contribution in [0.3, 0.4) is 0 Å². The number of aliphatic hydroxyl groups is 1. The molecule has 3 atom stereocenters. The van der Waals surface area contributed by atoms with E-state index in [0.717, 1.165) is 0 Å². The average Bonchev–Trinajstić information content (AvgIpc) is 2.71. The van der Waals surface area contributed by atoms with Gasteiger partial charge >= 0.3 is 0 Å². The summed E-state index contributed by atoms with van der Waals surface area (Å²) in [6.45, 7) is 3.14. The molecule has 0 bridgehead atoms. The van der Waals surface area contributed by atoms with E-state index in [0.29, 0.717) is 11.3 Å². The van der Waals surface area contributed by atoms with Crippen molar-refractivity contribution in [1.82, 2.24) is 4.72 Å². The van der Waals surface area contributed by atoms with Gasteiger partial charge in [0.05, 0.1) is 16.9 Å². The Morgan fingerprint density at radius 2 is 2.14 bits per heavy atom. The Kier molecular flexibility index (Phi) is 4.33. The molecule has 0 fully saturated rings. The SMILES string of the molecule is CC1C(=O)Nc2ccc(S(=O)(=O)NCC(N)C(C)O)cc21. The third-order valence-electron chi connectivity index (χ3n) is 3.58. The van der Waals surface area contributed by atoms with Crippen LogP contribution in [0.1, 0.15) is 25.3 Å². The molecule has 7 nitrogen and oxygen atoms in total. The fraction of sp³-hybridized carbons (Fsp3) is 0.462. The van der Waals surface area contributed by atoms with Crippen molar-refractivity contribution in [1.29, 1.82) is 0 Å². The number of benzene rings is 1. The van der Waals surface area contributed by atoms with Crippen LogP contribution in [0.5, 0.6) is 0 Å². The maximum Gasteiger partial charge on any atom is 0.240 e. The molecule has 0 saturated heterocycles. The fourth-order valence-electron chi connectivity index (χ4n) is 2.02. The number of sulfonamides is 1. The lowest BCUT2D eigenvalue weighted by Gasteiger charge is -2.15. The number of amides is 1. The number of carbonyl (C=O) groups excluding carboxylic acids is 1. The highest BCUT2D eigenvalue weighted by atomic mass is 32.2. The van der Waals surface area contributed by atoms with Crippen LogP contribution in [0.25, 0.3) is 0 Å². The van der Waals surface area contributed by atoms with Gasteiger partial charge in [-0.15, -0.1) is 0 Å². The molecule has 1 heterocycles. The lowest BCUT2D eigenvalue weighted by molar-refractivity contribution is -0.116. The number of nitrogens with two attached hydrogens (primary N) is 1. The van der Waals surface area contributed by atoms with Gasteiger partial charge in [0.15, 0.2) is 0 Å². The average molecular weight is 313 g/mol. The minimum atomic E-state index is -3.73. The molecular weight excluding hydrogens is 294 g/mol. The Bertz CT molecular complexity index is 657. The van der Waals surface area contributed by atoms with E-state index in [1.54, 1.807) is 13.0 Å². The number of fused-ring (bicyclic) bond motifs is 1. The number of rotatable bonds is 5. The summed E-state index contributed by atoms with van der Waals surface area (Å²) in [4.78, 5) is 11.6. The number of carbonyl (C=O) groups is 1. The van der Waals surface area contributed by atoms with Crippen LogP contribution >= 0.6 is 0 Å². The van der Waals surface area contributed by atoms with E-state index in [-0.39, 0.29) is 23.3 Å². The second-order valence-corrected chi connectivity index (χ2v) is 6.98. The van der Waals surface area contributed by atoms with E-state index in [1.807, 2.05) is 0 Å². The van der Waals surface area contributed by atoms with Crippen molar-refractivity contribution in [3.8, 4) is 0 Å². The molecule has 8 heteroatoms. The zero-order valence-corrected chi connectivity index (χ0v) is 12.6. The standard InChI is InChI=1S/C13H19N3O4S/c1-7-10-5-9(3-4-12(10)16-13(7)18)21(19,20)15-6-11(14)8(2)17/h3-5,7-8,11,15,17H,6,14H2,1-2H3,(H,16,18). The first-order valence-electron chi connectivity index (χ1n) is 6.60. The zero-order chi connectivity index (χ0) is 15.8. The van der Waals surface area contributed by atoms with Crippen LogP contribution in [0, 0.1) is 0 Å². The van der Waals surface area contributed by atoms with Gasteiger partial charge in [0, 0.05) is 18.3 Å². The first kappa shape index (κ1) is 15.9. The first-order chi connectivity index (χ1) is 9.72. The molecule has 0 aromatic heterocycles. The molecule has 21 heavy (non-hydrogen) atoms. The predicted octanol–water partition coefficient (Wildman–Crippen LogP) is -0.271. The molecule has 1 aromatic carbocycles. The summed E-state index contributed by atoms with van der Waals surface area (Å²) in [6.07, 6.45) is -0.811. The topological polar surface area (TPSA) is 122 Å². The summed E-state index contributed by atoms with van der Waals surface area (Å²) in [7, 11) is -3.73. The van der Waals surface area contributed by atoms with Crippen molar-refractivity contribution in [3.05, 3.63) is 23.8 Å². The Morgan fingerprint density at radius 1 is 1.48 bits per heavy atom. The van der Waals surface area contributed by atoms with Gasteiger partial charge in [0.2, 0.25) is 15.9 Å². The molecule has 116 valence electrons. The van der Waals surface area contributed by atoms with Crippen LogP contribution in [0.4, 0.5) is 5.69 Å². The third-order valence-corrected chi connectivity index (χ3v) is 5.00. The molecule has 1 amide bonds. The van der Waals surface area contributed by atoms with Gasteiger partial charge in [-0.3, -0.25) is 4.79 Å². The monoisotopic (exact) mass is 313 g/mol. The molecular formula is C13H19N3O4S. The van der Waals surface area contributed by atoms with Gasteiger partial charge in [-0.2, -0.15) is 0 Å². The number of anilines is 1. The lowest BCUT2D eigenvalue weighted by atomic mass is 10.0. The Hall–Kier alpha value is -1.48. The lowest BCUT2D eigenvalue weighted by Crippen LogP contribution is -2.43. The van der Waals surface area contributed by atoms with Crippen molar-refractivity contribution in [2.24, 2.45) is 5.73 Å². The number of hydrogen-bond donors (Lipinski definition) is 4. The summed E-state index contributed by atoms with van der Waals surface area (Å²) in [5, 5.41) is 12.0. The van der Waals surface area contributed by atoms with Crippen molar-refractivity contribution in [2.45, 2.75) is 36.8 Å². The Morgan fingerprint density at radius 3 is 2.76 bits per heavy atom. The maximum atomic E-state index is 12.2. The van der Waals surface area contributed by atoms with Crippen LogP contribution in [-0.4, -0.2) is 38.1 Å². The molecule has 0 spiro atoms. The van der Waals surface area contributed by atoms with Crippen LogP contribution in [-0.2, 0) is 14.8 Å². The Labute approximate surface area is 123 Å². The summed E-state index contributed by atoms with van der Waals surface area (Å²) < 4.78 is 26.7. The largest absolute Gasteiger partial charge is 0.392 e. The maximum absolute atomic E-state index is 12.2. The van der Waals surface area contributed by atoms with E-state index < -0.39 is 22.2 Å². The highest BCUT2D eigenvalue weighted by molar-refractivity contribution is 7.89. The smallest absolute Gasteiger partial charge is 0.240 e. The minimum absolute atomic E-state index is 0.0657. The number of aliphatic hydroxyl groups excluding tert-OH is 1. The molecule has 0 aliphatic carbocycles. The number of hydrogen-bond acceptors (Lipinski definition) is 5. The van der Waals surface area contributed by atoms with Gasteiger partial charge in [-0.1, -0.05) is 0 Å². The van der Waals surface area contributed by atoms with Crippen molar-refractivity contribution >= 4 is 21.6 Å². The zero-order valence-electron chi connectivity index (χ0n) is 11.8. The first-order valence-corrected chi connectivity index (χ1v) is 8.09. The molecule has 1 aliphatic rings. The van der Waals surface area contributed by atoms with E-state index >= 15 is 0 Å². The molecule has 1 aromatic rings. The van der Waals surface area contributed by atoms with Crippen LogP contribution in [0.15, 0.2) is 23.1 Å². The summed E-state index contributed by atoms with van der Waals surface area (Å²) >= 11 is 0. The summed E-state index contributed by atoms with van der Waals surface area (Å²) in [5.41, 5.74) is 6.89. The van der Waals surface area contributed by atoms with E-state index in [2.05, 4.69) is 10.0 Å². The molecule has 1 aliphatic heterocycles. The van der Waals surface area contributed by atoms with Crippen LogP contribution in [0.2, 0.25) is 0 Å². The van der Waals surface area contributed by atoms with E-state index in [1.165, 1.54) is 19.1 Å². The second kappa shape index (κ2) is 5.72. The fourth-order valence-corrected chi connectivity index (χ4v) is 3.13. The predicted molar refractivity (Wildman–Crippen MR) is 78.3 cm³/mol. The van der Waals surface area contributed by atoms with Crippen molar-refractivity contribution < 1.29 is 18.3 Å². The normalized spacial score (nSPS) is 20.8. The van der Waals surface area contributed by atoms with Crippen molar-refractivity contribution in [2.75, 3.05) is 11.9 Å². The van der Waals surface area contributed by atoms with Crippen molar-refractivity contribution in [3.63, 3.8) is 0 Å². The minimum Gasteiger partial charge on any atom is -0.392 e. The van der Waals surface area contributed by atoms with Gasteiger partial charge in [0.25, 0.3) is 0 Å². The van der Waals surface area contributed by atoms with Gasteiger partial charge in [0.1, 0.15) is 0 Å². The highest BCUT2D eigenvalue weighted by Gasteiger charge is 2.28. The van der Waals surface area contributed by atoms with E-state index in [4.69, 9.17) is 5.73 Å². The molecule has 3 unspecified atom stereocenters. The molecule has 2 rings (SSSR count). The third kappa shape index (κ3) is 3.24.